The fourth-order valence-corrected chi connectivity index (χ4v) is 0. The quantitative estimate of drug-likeness (QED) is 0.434. The molecule has 0 aliphatic heterocycles. The smallest absolute Gasteiger partial charge is 0.327 e. The molecule has 0 bridgehead atoms. The number of carboxylic acids is 1. The van der Waals surface area contributed by atoms with Gasteiger partial charge in [-0.05, 0) is 0 Å². The topological polar surface area (TPSA) is 37.3 Å². The molecule has 0 aliphatic rings. The van der Waals surface area contributed by atoms with Crippen LogP contribution in [0.15, 0.2) is 12.7 Å². The van der Waals surface area contributed by atoms with Crippen LogP contribution in [0, 0.1) is 0 Å². The van der Waals surface area contributed by atoms with Crippen molar-refractivity contribution in [3.05, 3.63) is 12.7 Å². The fraction of sp³-hybridized carbons (Fsp3) is 0. The normalized spacial score (nSPS) is 4.57. The van der Waals surface area contributed by atoms with Crippen LogP contribution in [0.3, 0.4) is 0 Å². The molecule has 0 atom stereocenters. The minimum absolute atomic E-state index is 0. The van der Waals surface area contributed by atoms with E-state index in [0.29, 0.717) is 0 Å². The van der Waals surface area contributed by atoms with Crippen molar-refractivity contribution in [3.8, 4) is 0 Å². The van der Waals surface area contributed by atoms with E-state index in [1.165, 1.54) is 0 Å². The zero-order valence-electron chi connectivity index (χ0n) is 3.85. The Bertz CT molecular complexity index is 64.0. The third-order valence-corrected chi connectivity index (χ3v) is 0.175. The summed E-state index contributed by atoms with van der Waals surface area (Å²) in [7, 11) is 0. The number of aliphatic carboxylic acids is 1. The Balaban J connectivity index is -0.0000000800. The van der Waals surface area contributed by atoms with Crippen LogP contribution in [-0.2, 0) is 24.3 Å². The second-order valence-corrected chi connectivity index (χ2v) is 0.542. The number of hydrogen-bond acceptors (Lipinski definition) is 1. The van der Waals surface area contributed by atoms with Gasteiger partial charge in [0.15, 0.2) is 0 Å². The van der Waals surface area contributed by atoms with Gasteiger partial charge in [-0.1, -0.05) is 6.58 Å². The number of carboxylic acid groups (broad SMARTS) is 1. The van der Waals surface area contributed by atoms with Gasteiger partial charge in [0.25, 0.3) is 0 Å². The molecule has 4 heteroatoms. The summed E-state index contributed by atoms with van der Waals surface area (Å²) in [5.41, 5.74) is 0. The molecule has 0 aromatic carbocycles. The summed E-state index contributed by atoms with van der Waals surface area (Å²) >= 11 is 0. The van der Waals surface area contributed by atoms with Gasteiger partial charge in [-0.25, -0.2) is 4.79 Å². The summed E-state index contributed by atoms with van der Waals surface area (Å²) in [4.78, 5) is 9.25. The average molecular weight is 166 g/mol. The molecule has 4 radical (unpaired) electrons. The van der Waals surface area contributed by atoms with Gasteiger partial charge in [-0.15, -0.1) is 0 Å². The fourth-order valence-electron chi connectivity index (χ4n) is 0. The van der Waals surface area contributed by atoms with Gasteiger partial charge in [0.1, 0.15) is 0 Å². The first kappa shape index (κ1) is 15.7. The van der Waals surface area contributed by atoms with Crippen molar-refractivity contribution in [1.82, 2.24) is 0 Å². The first-order valence-corrected chi connectivity index (χ1v) is 1.12. The second kappa shape index (κ2) is 9.41. The van der Waals surface area contributed by atoms with Crippen molar-refractivity contribution in [1.29, 1.82) is 0 Å². The summed E-state index contributed by atoms with van der Waals surface area (Å²) in [6.07, 6.45) is 0.833. The largest absolute Gasteiger partial charge is 0.478 e. The maximum absolute atomic E-state index is 9.25. The number of carbonyl (C=O) groups is 1. The predicted octanol–water partition coefficient (Wildman–Crippen LogP) is -0.126. The van der Waals surface area contributed by atoms with Crippen LogP contribution in [-0.4, -0.2) is 22.0 Å². The Morgan fingerprint density at radius 2 is 1.86 bits per heavy atom. The van der Waals surface area contributed by atoms with Crippen molar-refractivity contribution in [2.24, 2.45) is 0 Å². The molecule has 0 aromatic rings. The van der Waals surface area contributed by atoms with E-state index in [-0.39, 0.29) is 30.4 Å². The summed E-state index contributed by atoms with van der Waals surface area (Å²) in [6, 6.07) is 0. The predicted molar refractivity (Wildman–Crippen MR) is 23.6 cm³/mol. The third-order valence-electron chi connectivity index (χ3n) is 0.175. The summed E-state index contributed by atoms with van der Waals surface area (Å²) in [6.45, 7) is 2.96. The van der Waals surface area contributed by atoms with Gasteiger partial charge in [0.2, 0.25) is 0 Å². The molecule has 34 valence electrons. The zero-order chi connectivity index (χ0) is 4.28. The standard InChI is InChI=1S/C3H4O2.Si.Zn/c1-2-3(4)5;;/h2H,1H2,(H,4,5);;. The average Bonchev–Trinajstić information content (AvgIpc) is 1.38. The second-order valence-electron chi connectivity index (χ2n) is 0.542. The molecule has 0 saturated carbocycles. The van der Waals surface area contributed by atoms with Crippen molar-refractivity contribution in [2.75, 3.05) is 0 Å². The maximum Gasteiger partial charge on any atom is 0.327 e. The monoisotopic (exact) mass is 164 g/mol. The Hall–Kier alpha value is 0.0503. The molecule has 0 saturated heterocycles. The van der Waals surface area contributed by atoms with Crippen LogP contribution in [0.1, 0.15) is 0 Å². The molecular weight excluding hydrogens is 162 g/mol. The Morgan fingerprint density at radius 1 is 1.71 bits per heavy atom. The van der Waals surface area contributed by atoms with Crippen molar-refractivity contribution < 1.29 is 29.4 Å². The molecule has 0 amide bonds. The van der Waals surface area contributed by atoms with Gasteiger partial charge < -0.3 is 5.11 Å². The molecule has 0 unspecified atom stereocenters. The van der Waals surface area contributed by atoms with Crippen molar-refractivity contribution >= 4 is 16.9 Å². The van der Waals surface area contributed by atoms with E-state index >= 15 is 0 Å². The molecule has 0 aromatic heterocycles. The van der Waals surface area contributed by atoms with Crippen LogP contribution in [0.4, 0.5) is 0 Å². The van der Waals surface area contributed by atoms with Crippen LogP contribution in [0.5, 0.6) is 0 Å². The Labute approximate surface area is 59.4 Å². The van der Waals surface area contributed by atoms with Crippen LogP contribution >= 0.6 is 0 Å². The molecule has 0 spiro atoms. The molecule has 7 heavy (non-hydrogen) atoms. The first-order chi connectivity index (χ1) is 2.27. The molecule has 0 rings (SSSR count). The van der Waals surface area contributed by atoms with Gasteiger partial charge in [0.05, 0.1) is 0 Å². The summed E-state index contributed by atoms with van der Waals surface area (Å²) in [5, 5.41) is 7.60. The van der Waals surface area contributed by atoms with Gasteiger partial charge in [-0.3, -0.25) is 0 Å². The zero-order valence-corrected chi connectivity index (χ0v) is 7.81. The summed E-state index contributed by atoms with van der Waals surface area (Å²) < 4.78 is 0. The van der Waals surface area contributed by atoms with E-state index in [4.69, 9.17) is 5.11 Å². The Kier molecular flexibility index (Phi) is 21.1. The minimum atomic E-state index is -0.981. The van der Waals surface area contributed by atoms with E-state index in [0.717, 1.165) is 6.08 Å². The third kappa shape index (κ3) is 23.6. The molecule has 1 N–H and O–H groups in total. The van der Waals surface area contributed by atoms with Gasteiger partial charge >= 0.3 is 5.97 Å². The molecule has 0 aliphatic carbocycles. The van der Waals surface area contributed by atoms with Crippen LogP contribution < -0.4 is 0 Å². The number of hydrogen-bond donors (Lipinski definition) is 1. The van der Waals surface area contributed by atoms with Crippen LogP contribution in [0.2, 0.25) is 0 Å². The Morgan fingerprint density at radius 3 is 1.86 bits per heavy atom. The van der Waals surface area contributed by atoms with Gasteiger partial charge in [0, 0.05) is 36.5 Å². The number of rotatable bonds is 1. The van der Waals surface area contributed by atoms with Gasteiger partial charge in [-0.2, -0.15) is 0 Å². The first-order valence-electron chi connectivity index (χ1n) is 1.12. The summed E-state index contributed by atoms with van der Waals surface area (Å²) in [5.74, 6) is -0.981. The molecule has 0 fully saturated rings. The minimum Gasteiger partial charge on any atom is -0.478 e. The molecular formula is C3H4O2SiZn. The molecule has 0 heterocycles. The SMILES string of the molecule is C=CC(=O)O.[Si].[Zn]. The van der Waals surface area contributed by atoms with E-state index in [1.54, 1.807) is 0 Å². The van der Waals surface area contributed by atoms with Crippen molar-refractivity contribution in [2.45, 2.75) is 0 Å². The van der Waals surface area contributed by atoms with E-state index in [2.05, 4.69) is 6.58 Å². The van der Waals surface area contributed by atoms with Crippen LogP contribution in [0.25, 0.3) is 0 Å². The van der Waals surface area contributed by atoms with Crippen molar-refractivity contribution in [3.63, 3.8) is 0 Å². The maximum atomic E-state index is 9.25. The van der Waals surface area contributed by atoms with E-state index < -0.39 is 5.97 Å². The van der Waals surface area contributed by atoms with E-state index in [9.17, 15) is 4.79 Å². The van der Waals surface area contributed by atoms with E-state index in [1.807, 2.05) is 0 Å². The molecule has 2 nitrogen and oxygen atoms in total.